The fraction of sp³-hybridized carbons (Fsp3) is 0.474. The lowest BCUT2D eigenvalue weighted by Gasteiger charge is -2.27. The lowest BCUT2D eigenvalue weighted by atomic mass is 9.83. The van der Waals surface area contributed by atoms with E-state index in [-0.39, 0.29) is 17.6 Å². The maximum atomic E-state index is 12.4. The Hall–Kier alpha value is -2.14. The smallest absolute Gasteiger partial charge is 0.255 e. The molecule has 0 bridgehead atoms. The third kappa shape index (κ3) is 3.67. The molecule has 5 nitrogen and oxygen atoms in total. The van der Waals surface area contributed by atoms with Gasteiger partial charge in [0.1, 0.15) is 0 Å². The maximum Gasteiger partial charge on any atom is 0.255 e. The van der Waals surface area contributed by atoms with E-state index in [4.69, 9.17) is 0 Å². The Bertz CT molecular complexity index is 769. The first-order valence-corrected chi connectivity index (χ1v) is 8.73. The first-order valence-electron chi connectivity index (χ1n) is 8.73. The second-order valence-electron chi connectivity index (χ2n) is 6.59. The van der Waals surface area contributed by atoms with Crippen molar-refractivity contribution in [2.45, 2.75) is 44.6 Å². The molecule has 1 aliphatic carbocycles. The van der Waals surface area contributed by atoms with Crippen LogP contribution in [-0.4, -0.2) is 28.6 Å². The Labute approximate surface area is 141 Å². The van der Waals surface area contributed by atoms with Crippen molar-refractivity contribution in [2.24, 2.45) is 5.92 Å². The van der Waals surface area contributed by atoms with Crippen LogP contribution in [0, 0.1) is 5.92 Å². The van der Waals surface area contributed by atoms with Crippen molar-refractivity contribution in [2.75, 3.05) is 6.54 Å². The molecule has 0 saturated heterocycles. The Balaban J connectivity index is 1.58. The number of carbonyl (C=O) groups excluding carboxylic acids is 1. The first-order chi connectivity index (χ1) is 11.7. The van der Waals surface area contributed by atoms with E-state index in [1.807, 2.05) is 6.07 Å². The molecule has 0 radical (unpaired) electrons. The summed E-state index contributed by atoms with van der Waals surface area (Å²) in [5.74, 6) is 0.191. The van der Waals surface area contributed by atoms with Gasteiger partial charge in [0.2, 0.25) is 0 Å². The number of hydrogen-bond acceptors (Lipinski definition) is 3. The molecule has 1 amide bonds. The van der Waals surface area contributed by atoms with Crippen LogP contribution in [0.25, 0.3) is 10.8 Å². The normalized spacial score (nSPS) is 20.9. The Morgan fingerprint density at radius 3 is 2.75 bits per heavy atom. The lowest BCUT2D eigenvalue weighted by Crippen LogP contribution is -2.28. The largest absolute Gasteiger partial charge is 0.393 e. The van der Waals surface area contributed by atoms with Crippen LogP contribution in [0.2, 0.25) is 0 Å². The lowest BCUT2D eigenvalue weighted by molar-refractivity contribution is 0.0641. The number of rotatable bonds is 5. The minimum absolute atomic E-state index is 0.174. The van der Waals surface area contributed by atoms with Gasteiger partial charge in [-0.15, -0.1) is 0 Å². The Morgan fingerprint density at radius 2 is 1.96 bits per heavy atom. The quantitative estimate of drug-likeness (QED) is 0.738. The first kappa shape index (κ1) is 16.7. The maximum absolute atomic E-state index is 12.4. The molecule has 1 heterocycles. The van der Waals surface area contributed by atoms with E-state index in [9.17, 15) is 14.7 Å². The Kier molecular flexibility index (Phi) is 5.30. The van der Waals surface area contributed by atoms with Gasteiger partial charge in [-0.1, -0.05) is 31.0 Å². The number of aliphatic hydroxyl groups is 1. The molecule has 2 atom stereocenters. The van der Waals surface area contributed by atoms with Gasteiger partial charge in [-0.3, -0.25) is 9.59 Å². The molecule has 3 N–H and O–H groups in total. The second kappa shape index (κ2) is 7.62. The van der Waals surface area contributed by atoms with Gasteiger partial charge in [0.05, 0.1) is 11.7 Å². The number of carbonyl (C=O) groups is 1. The molecule has 1 aliphatic rings. The highest BCUT2D eigenvalue weighted by atomic mass is 16.3. The van der Waals surface area contributed by atoms with E-state index in [2.05, 4.69) is 10.3 Å². The van der Waals surface area contributed by atoms with Gasteiger partial charge in [0, 0.05) is 23.5 Å². The highest BCUT2D eigenvalue weighted by molar-refractivity contribution is 6.06. The van der Waals surface area contributed by atoms with Crippen molar-refractivity contribution in [3.63, 3.8) is 0 Å². The van der Waals surface area contributed by atoms with Crippen molar-refractivity contribution in [1.29, 1.82) is 0 Å². The van der Waals surface area contributed by atoms with Gasteiger partial charge in [0.15, 0.2) is 0 Å². The second-order valence-corrected chi connectivity index (χ2v) is 6.59. The molecule has 0 spiro atoms. The van der Waals surface area contributed by atoms with Crippen molar-refractivity contribution in [1.82, 2.24) is 10.3 Å². The van der Waals surface area contributed by atoms with Gasteiger partial charge in [0.25, 0.3) is 11.5 Å². The molecule has 3 rings (SSSR count). The van der Waals surface area contributed by atoms with Gasteiger partial charge in [-0.05, 0) is 37.7 Å². The average molecular weight is 328 g/mol. The Morgan fingerprint density at radius 1 is 1.21 bits per heavy atom. The summed E-state index contributed by atoms with van der Waals surface area (Å²) in [7, 11) is 0. The molecule has 1 aromatic heterocycles. The zero-order valence-electron chi connectivity index (χ0n) is 13.8. The van der Waals surface area contributed by atoms with E-state index in [0.29, 0.717) is 28.8 Å². The third-order valence-electron chi connectivity index (χ3n) is 4.96. The minimum atomic E-state index is -0.187. The predicted molar refractivity (Wildman–Crippen MR) is 94.1 cm³/mol. The molecule has 2 aromatic rings. The summed E-state index contributed by atoms with van der Waals surface area (Å²) < 4.78 is 0. The predicted octanol–water partition coefficient (Wildman–Crippen LogP) is 2.59. The highest BCUT2D eigenvalue weighted by Crippen LogP contribution is 2.27. The van der Waals surface area contributed by atoms with E-state index >= 15 is 0 Å². The SMILES string of the molecule is O=C(NCCC[C@H]1CCCC[C@H]1O)c1c[nH]c(=O)c2ccccc12. The van der Waals surface area contributed by atoms with Crippen LogP contribution in [0.3, 0.4) is 0 Å². The number of pyridine rings is 1. The van der Waals surface area contributed by atoms with Crippen LogP contribution in [0.4, 0.5) is 0 Å². The number of benzene rings is 1. The number of aromatic amines is 1. The highest BCUT2D eigenvalue weighted by Gasteiger charge is 2.22. The van der Waals surface area contributed by atoms with Crippen molar-refractivity contribution in [3.8, 4) is 0 Å². The van der Waals surface area contributed by atoms with Gasteiger partial charge < -0.3 is 15.4 Å². The van der Waals surface area contributed by atoms with Crippen molar-refractivity contribution in [3.05, 3.63) is 46.4 Å². The summed E-state index contributed by atoms with van der Waals surface area (Å²) in [6, 6.07) is 7.12. The summed E-state index contributed by atoms with van der Waals surface area (Å²) >= 11 is 0. The molecule has 24 heavy (non-hydrogen) atoms. The van der Waals surface area contributed by atoms with E-state index in [0.717, 1.165) is 32.1 Å². The third-order valence-corrected chi connectivity index (χ3v) is 4.96. The van der Waals surface area contributed by atoms with Gasteiger partial charge >= 0.3 is 0 Å². The van der Waals surface area contributed by atoms with E-state index in [1.165, 1.54) is 12.6 Å². The van der Waals surface area contributed by atoms with Crippen molar-refractivity contribution < 1.29 is 9.90 Å². The monoisotopic (exact) mass is 328 g/mol. The summed E-state index contributed by atoms with van der Waals surface area (Å²) in [6.45, 7) is 0.579. The van der Waals surface area contributed by atoms with Crippen LogP contribution < -0.4 is 10.9 Å². The molecule has 1 fully saturated rings. The molecule has 128 valence electrons. The standard InChI is InChI=1S/C19H24N2O3/c22-17-10-4-1-6-13(17)7-5-11-20-19(24)16-12-21-18(23)15-9-3-2-8-14(15)16/h2-3,8-9,12-13,17,22H,1,4-7,10-11H2,(H,20,24)(H,21,23)/t13-,17-/m1/s1. The zero-order chi connectivity index (χ0) is 16.9. The number of aromatic nitrogens is 1. The summed E-state index contributed by atoms with van der Waals surface area (Å²) in [6.07, 6.45) is 7.39. The molecule has 5 heteroatoms. The van der Waals surface area contributed by atoms with Gasteiger partial charge in [-0.2, -0.15) is 0 Å². The van der Waals surface area contributed by atoms with Crippen molar-refractivity contribution >= 4 is 16.7 Å². The molecular formula is C19H24N2O3. The number of hydrogen-bond donors (Lipinski definition) is 3. The topological polar surface area (TPSA) is 82.2 Å². The molecule has 1 saturated carbocycles. The van der Waals surface area contributed by atoms with Gasteiger partial charge in [-0.25, -0.2) is 0 Å². The van der Waals surface area contributed by atoms with E-state index in [1.54, 1.807) is 18.2 Å². The molecule has 0 aliphatic heterocycles. The number of amides is 1. The summed E-state index contributed by atoms with van der Waals surface area (Å²) in [5, 5.41) is 14.1. The van der Waals surface area contributed by atoms with Crippen LogP contribution in [0.5, 0.6) is 0 Å². The molecule has 1 aromatic carbocycles. The minimum Gasteiger partial charge on any atom is -0.393 e. The summed E-state index contributed by atoms with van der Waals surface area (Å²) in [5.41, 5.74) is 0.302. The number of H-pyrrole nitrogens is 1. The van der Waals surface area contributed by atoms with Crippen LogP contribution >= 0.6 is 0 Å². The molecular weight excluding hydrogens is 304 g/mol. The fourth-order valence-corrected chi connectivity index (χ4v) is 3.58. The number of nitrogens with one attached hydrogen (secondary N) is 2. The number of aliphatic hydroxyl groups excluding tert-OH is 1. The van der Waals surface area contributed by atoms with Crippen LogP contribution in [-0.2, 0) is 0 Å². The van der Waals surface area contributed by atoms with E-state index < -0.39 is 0 Å². The molecule has 0 unspecified atom stereocenters. The zero-order valence-corrected chi connectivity index (χ0v) is 13.8. The fourth-order valence-electron chi connectivity index (χ4n) is 3.58. The van der Waals surface area contributed by atoms with Crippen LogP contribution in [0.15, 0.2) is 35.3 Å². The van der Waals surface area contributed by atoms with Crippen LogP contribution in [0.1, 0.15) is 48.9 Å². The summed E-state index contributed by atoms with van der Waals surface area (Å²) in [4.78, 5) is 26.8. The average Bonchev–Trinajstić information content (AvgIpc) is 2.60. The number of fused-ring (bicyclic) bond motifs is 1.